The lowest BCUT2D eigenvalue weighted by Crippen LogP contribution is -2.44. The number of benzene rings is 2. The standard InChI is InChI=1S/C21H21ClN2O2S/c1-3-14(2)23-20(25)13-24-17-6-4-5-7-18(17)27-19(21(24)26)12-15-8-10-16(22)11-9-15/h4-12,14H,3,13H2,1-2H3,(H,23,25)/b19-12+/t14-/m1/s1. The number of carbonyl (C=O) groups is 2. The number of carbonyl (C=O) groups excluding carboxylic acids is 2. The number of para-hydroxylation sites is 1. The zero-order valence-electron chi connectivity index (χ0n) is 15.2. The molecule has 1 atom stereocenters. The van der Waals surface area contributed by atoms with Crippen LogP contribution >= 0.6 is 23.4 Å². The van der Waals surface area contributed by atoms with Gasteiger partial charge in [0.05, 0.1) is 10.6 Å². The Kier molecular flexibility index (Phi) is 6.24. The Bertz CT molecular complexity index is 880. The summed E-state index contributed by atoms with van der Waals surface area (Å²) < 4.78 is 0. The third-order valence-corrected chi connectivity index (χ3v) is 5.65. The van der Waals surface area contributed by atoms with Gasteiger partial charge >= 0.3 is 0 Å². The van der Waals surface area contributed by atoms with Gasteiger partial charge in [-0.25, -0.2) is 0 Å². The number of hydrogen-bond donors (Lipinski definition) is 1. The largest absolute Gasteiger partial charge is 0.352 e. The van der Waals surface area contributed by atoms with Crippen molar-refractivity contribution in [3.05, 3.63) is 64.0 Å². The number of halogens is 1. The molecule has 6 heteroatoms. The van der Waals surface area contributed by atoms with Crippen molar-refractivity contribution in [1.29, 1.82) is 0 Å². The van der Waals surface area contributed by atoms with Crippen molar-refractivity contribution in [3.63, 3.8) is 0 Å². The Morgan fingerprint density at radius 1 is 1.22 bits per heavy atom. The number of thioether (sulfide) groups is 1. The molecule has 0 fully saturated rings. The van der Waals surface area contributed by atoms with E-state index in [0.717, 1.165) is 22.6 Å². The van der Waals surface area contributed by atoms with Gasteiger partial charge in [0.2, 0.25) is 5.91 Å². The summed E-state index contributed by atoms with van der Waals surface area (Å²) in [5.41, 5.74) is 1.65. The minimum atomic E-state index is -0.173. The van der Waals surface area contributed by atoms with Gasteiger partial charge in [-0.05, 0) is 49.2 Å². The first-order chi connectivity index (χ1) is 13.0. The van der Waals surface area contributed by atoms with Crippen LogP contribution in [0.4, 0.5) is 5.69 Å². The highest BCUT2D eigenvalue weighted by atomic mass is 35.5. The topological polar surface area (TPSA) is 49.4 Å². The Labute approximate surface area is 168 Å². The van der Waals surface area contributed by atoms with Gasteiger partial charge < -0.3 is 5.32 Å². The highest BCUT2D eigenvalue weighted by molar-refractivity contribution is 8.04. The molecule has 2 aromatic rings. The summed E-state index contributed by atoms with van der Waals surface area (Å²) in [4.78, 5) is 28.5. The molecule has 2 aromatic carbocycles. The van der Waals surface area contributed by atoms with Crippen LogP contribution in [0, 0.1) is 0 Å². The van der Waals surface area contributed by atoms with Crippen molar-refractivity contribution in [1.82, 2.24) is 5.32 Å². The summed E-state index contributed by atoms with van der Waals surface area (Å²) >= 11 is 7.36. The van der Waals surface area contributed by atoms with E-state index in [4.69, 9.17) is 11.6 Å². The van der Waals surface area contributed by atoms with Gasteiger partial charge in [0.25, 0.3) is 5.91 Å². The first-order valence-corrected chi connectivity index (χ1v) is 10.0. The molecule has 1 aliphatic heterocycles. The lowest BCUT2D eigenvalue weighted by atomic mass is 10.2. The summed E-state index contributed by atoms with van der Waals surface area (Å²) in [6.45, 7) is 3.96. The molecule has 0 saturated heterocycles. The number of rotatable bonds is 5. The zero-order chi connectivity index (χ0) is 19.4. The predicted molar refractivity (Wildman–Crippen MR) is 112 cm³/mol. The van der Waals surface area contributed by atoms with Crippen molar-refractivity contribution in [3.8, 4) is 0 Å². The maximum atomic E-state index is 13.1. The monoisotopic (exact) mass is 400 g/mol. The van der Waals surface area contributed by atoms with Crippen LogP contribution in [0.25, 0.3) is 6.08 Å². The van der Waals surface area contributed by atoms with Crippen LogP contribution < -0.4 is 10.2 Å². The summed E-state index contributed by atoms with van der Waals surface area (Å²) in [6, 6.07) is 15.0. The third kappa shape index (κ3) is 4.73. The average Bonchev–Trinajstić information content (AvgIpc) is 2.66. The summed E-state index contributed by atoms with van der Waals surface area (Å²) in [5.74, 6) is -0.335. The average molecular weight is 401 g/mol. The van der Waals surface area contributed by atoms with Crippen molar-refractivity contribution in [2.75, 3.05) is 11.4 Å². The fourth-order valence-corrected chi connectivity index (χ4v) is 3.88. The molecule has 0 aliphatic carbocycles. The van der Waals surface area contributed by atoms with E-state index >= 15 is 0 Å². The zero-order valence-corrected chi connectivity index (χ0v) is 16.8. The van der Waals surface area contributed by atoms with Gasteiger partial charge in [-0.15, -0.1) is 0 Å². The van der Waals surface area contributed by atoms with Crippen molar-refractivity contribution in [2.24, 2.45) is 0 Å². The fourth-order valence-electron chi connectivity index (χ4n) is 2.70. The van der Waals surface area contributed by atoms with E-state index in [1.165, 1.54) is 11.8 Å². The number of hydrogen-bond acceptors (Lipinski definition) is 3. The molecule has 0 unspecified atom stereocenters. The highest BCUT2D eigenvalue weighted by Gasteiger charge is 2.30. The van der Waals surface area contributed by atoms with E-state index < -0.39 is 0 Å². The van der Waals surface area contributed by atoms with Crippen LogP contribution in [0.15, 0.2) is 58.3 Å². The molecule has 3 rings (SSSR count). The van der Waals surface area contributed by atoms with Crippen LogP contribution in [0.3, 0.4) is 0 Å². The van der Waals surface area contributed by atoms with Crippen LogP contribution in [0.2, 0.25) is 5.02 Å². The lowest BCUT2D eigenvalue weighted by Gasteiger charge is -2.30. The van der Waals surface area contributed by atoms with Crippen LogP contribution in [0.5, 0.6) is 0 Å². The Balaban J connectivity index is 1.90. The van der Waals surface area contributed by atoms with Gasteiger partial charge in [-0.3, -0.25) is 14.5 Å². The van der Waals surface area contributed by atoms with E-state index in [-0.39, 0.29) is 24.4 Å². The van der Waals surface area contributed by atoms with Gasteiger partial charge in [0.1, 0.15) is 6.54 Å². The van der Waals surface area contributed by atoms with Gasteiger partial charge in [-0.1, -0.05) is 54.6 Å². The molecule has 0 radical (unpaired) electrons. The molecule has 0 spiro atoms. The number of nitrogens with one attached hydrogen (secondary N) is 1. The molecule has 140 valence electrons. The minimum absolute atomic E-state index is 0.00129. The third-order valence-electron chi connectivity index (χ3n) is 4.32. The second-order valence-corrected chi connectivity index (χ2v) is 7.92. The Hall–Kier alpha value is -2.24. The van der Waals surface area contributed by atoms with Gasteiger partial charge in [0.15, 0.2) is 0 Å². The highest BCUT2D eigenvalue weighted by Crippen LogP contribution is 2.41. The van der Waals surface area contributed by atoms with E-state index in [1.54, 1.807) is 17.0 Å². The molecule has 0 saturated carbocycles. The minimum Gasteiger partial charge on any atom is -0.352 e. The number of anilines is 1. The molecule has 0 aromatic heterocycles. The van der Waals surface area contributed by atoms with E-state index in [2.05, 4.69) is 5.32 Å². The molecule has 1 aliphatic rings. The molecule has 1 heterocycles. The molecule has 1 N–H and O–H groups in total. The molecule has 27 heavy (non-hydrogen) atoms. The second kappa shape index (κ2) is 8.63. The Morgan fingerprint density at radius 3 is 2.63 bits per heavy atom. The molecular weight excluding hydrogens is 380 g/mol. The van der Waals surface area contributed by atoms with Gasteiger partial charge in [-0.2, -0.15) is 0 Å². The maximum Gasteiger partial charge on any atom is 0.265 e. The van der Waals surface area contributed by atoms with Crippen LogP contribution in [-0.4, -0.2) is 24.4 Å². The summed E-state index contributed by atoms with van der Waals surface area (Å²) in [7, 11) is 0. The van der Waals surface area contributed by atoms with Crippen molar-refractivity contribution in [2.45, 2.75) is 31.2 Å². The molecule has 2 amide bonds. The Morgan fingerprint density at radius 2 is 1.93 bits per heavy atom. The van der Waals surface area contributed by atoms with E-state index in [9.17, 15) is 9.59 Å². The lowest BCUT2D eigenvalue weighted by molar-refractivity contribution is -0.122. The van der Waals surface area contributed by atoms with Gasteiger partial charge in [0, 0.05) is 16.0 Å². The number of amides is 2. The first kappa shape index (κ1) is 19.5. The van der Waals surface area contributed by atoms with E-state index in [0.29, 0.717) is 9.93 Å². The molecule has 4 nitrogen and oxygen atoms in total. The fraction of sp³-hybridized carbons (Fsp3) is 0.238. The smallest absolute Gasteiger partial charge is 0.265 e. The number of nitrogens with zero attached hydrogens (tertiary/aromatic N) is 1. The number of fused-ring (bicyclic) bond motifs is 1. The second-order valence-electron chi connectivity index (χ2n) is 6.40. The normalized spacial score (nSPS) is 16.2. The quantitative estimate of drug-likeness (QED) is 0.738. The SMILES string of the molecule is CC[C@@H](C)NC(=O)CN1C(=O)/C(=C\c2ccc(Cl)cc2)Sc2ccccc21. The molecule has 0 bridgehead atoms. The summed E-state index contributed by atoms with van der Waals surface area (Å²) in [6.07, 6.45) is 2.67. The summed E-state index contributed by atoms with van der Waals surface area (Å²) in [5, 5.41) is 3.57. The molecular formula is C21H21ClN2O2S. The first-order valence-electron chi connectivity index (χ1n) is 8.83. The van der Waals surface area contributed by atoms with E-state index in [1.807, 2.05) is 56.3 Å². The predicted octanol–water partition coefficient (Wildman–Crippen LogP) is 4.73. The van der Waals surface area contributed by atoms with Crippen LogP contribution in [0.1, 0.15) is 25.8 Å². The van der Waals surface area contributed by atoms with Crippen molar-refractivity contribution >= 4 is 46.9 Å². The van der Waals surface area contributed by atoms with Crippen LogP contribution in [-0.2, 0) is 9.59 Å². The van der Waals surface area contributed by atoms with Crippen molar-refractivity contribution < 1.29 is 9.59 Å². The maximum absolute atomic E-state index is 13.1.